The number of carbonyl (C=O) groups excluding carboxylic acids is 2. The van der Waals surface area contributed by atoms with Crippen molar-refractivity contribution in [2.24, 2.45) is 5.92 Å². The normalized spacial score (nSPS) is 16.5. The second-order valence-electron chi connectivity index (χ2n) is 8.89. The molecule has 2 amide bonds. The molecule has 2 aromatic rings. The van der Waals surface area contributed by atoms with Crippen molar-refractivity contribution in [3.05, 3.63) is 71.3 Å². The number of carbonyl (C=O) groups is 2. The predicted octanol–water partition coefficient (Wildman–Crippen LogP) is 4.82. The van der Waals surface area contributed by atoms with Crippen LogP contribution in [0.2, 0.25) is 0 Å². The van der Waals surface area contributed by atoms with Crippen LogP contribution in [0.5, 0.6) is 0 Å². The van der Waals surface area contributed by atoms with E-state index in [-0.39, 0.29) is 36.0 Å². The predicted molar refractivity (Wildman–Crippen MR) is 113 cm³/mol. The summed E-state index contributed by atoms with van der Waals surface area (Å²) < 4.78 is 32.1. The molecule has 166 valence electrons. The van der Waals surface area contributed by atoms with Gasteiger partial charge < -0.3 is 15.0 Å². The minimum absolute atomic E-state index is 0.0228. The first-order chi connectivity index (χ1) is 14.6. The number of nitrogens with zero attached hydrogens (tertiary/aromatic N) is 1. The van der Waals surface area contributed by atoms with Gasteiger partial charge in [-0.2, -0.15) is 0 Å². The monoisotopic (exact) mass is 430 g/mol. The Labute approximate surface area is 181 Å². The average molecular weight is 430 g/mol. The Morgan fingerprint density at radius 3 is 2.03 bits per heavy atom. The van der Waals surface area contributed by atoms with E-state index in [0.29, 0.717) is 30.6 Å². The highest BCUT2D eigenvalue weighted by atomic mass is 19.1. The summed E-state index contributed by atoms with van der Waals surface area (Å²) in [4.78, 5) is 26.7. The lowest BCUT2D eigenvalue weighted by Gasteiger charge is -2.24. The Kier molecular flexibility index (Phi) is 6.93. The summed E-state index contributed by atoms with van der Waals surface area (Å²) in [5.74, 6) is -0.911. The van der Waals surface area contributed by atoms with Crippen LogP contribution in [0.15, 0.2) is 48.5 Å². The number of ether oxygens (including phenoxy) is 1. The van der Waals surface area contributed by atoms with E-state index < -0.39 is 11.6 Å². The van der Waals surface area contributed by atoms with Crippen molar-refractivity contribution < 1.29 is 23.1 Å². The van der Waals surface area contributed by atoms with Gasteiger partial charge in [0.2, 0.25) is 5.91 Å². The van der Waals surface area contributed by atoms with Gasteiger partial charge in [-0.25, -0.2) is 13.6 Å². The molecule has 1 unspecified atom stereocenters. The Hall–Kier alpha value is -2.96. The number of amides is 2. The van der Waals surface area contributed by atoms with Gasteiger partial charge in [-0.1, -0.05) is 24.3 Å². The summed E-state index contributed by atoms with van der Waals surface area (Å²) >= 11 is 0. The zero-order valence-corrected chi connectivity index (χ0v) is 18.0. The molecule has 1 N–H and O–H groups in total. The van der Waals surface area contributed by atoms with Gasteiger partial charge in [-0.15, -0.1) is 0 Å². The maximum atomic E-state index is 13.4. The number of likely N-dealkylation sites (tertiary alicyclic amines) is 1. The molecule has 0 radical (unpaired) electrons. The topological polar surface area (TPSA) is 58.6 Å². The lowest BCUT2D eigenvalue weighted by atomic mass is 9.97. The zero-order chi connectivity index (χ0) is 22.6. The first kappa shape index (κ1) is 22.7. The molecular weight excluding hydrogens is 402 g/mol. The number of benzene rings is 2. The van der Waals surface area contributed by atoms with Crippen LogP contribution in [0.3, 0.4) is 0 Å². The van der Waals surface area contributed by atoms with Gasteiger partial charge in [-0.05, 0) is 68.5 Å². The summed E-state index contributed by atoms with van der Waals surface area (Å²) in [5, 5.41) is 2.98. The van der Waals surface area contributed by atoms with Crippen LogP contribution in [0.25, 0.3) is 0 Å². The van der Waals surface area contributed by atoms with E-state index >= 15 is 0 Å². The van der Waals surface area contributed by atoms with Crippen molar-refractivity contribution in [1.82, 2.24) is 10.2 Å². The van der Waals surface area contributed by atoms with E-state index in [4.69, 9.17) is 4.74 Å². The maximum Gasteiger partial charge on any atom is 0.410 e. The molecule has 1 fully saturated rings. The number of rotatable bonds is 5. The fourth-order valence-corrected chi connectivity index (χ4v) is 3.64. The summed E-state index contributed by atoms with van der Waals surface area (Å²) in [5.41, 5.74) is 0.829. The number of hydrogen-bond acceptors (Lipinski definition) is 3. The fraction of sp³-hybridized carbons (Fsp3) is 0.417. The van der Waals surface area contributed by atoms with Crippen molar-refractivity contribution in [3.63, 3.8) is 0 Å². The third-order valence-corrected chi connectivity index (χ3v) is 5.12. The van der Waals surface area contributed by atoms with Crippen molar-refractivity contribution >= 4 is 12.0 Å². The molecule has 2 aromatic carbocycles. The fourth-order valence-electron chi connectivity index (χ4n) is 3.64. The lowest BCUT2D eigenvalue weighted by molar-refractivity contribution is -0.122. The van der Waals surface area contributed by atoms with Crippen LogP contribution in [-0.2, 0) is 9.53 Å². The highest BCUT2D eigenvalue weighted by molar-refractivity contribution is 5.77. The van der Waals surface area contributed by atoms with Gasteiger partial charge in [-0.3, -0.25) is 4.79 Å². The zero-order valence-electron chi connectivity index (χ0n) is 18.0. The van der Waals surface area contributed by atoms with Gasteiger partial charge in [0.1, 0.15) is 17.2 Å². The summed E-state index contributed by atoms with van der Waals surface area (Å²) in [7, 11) is 0. The van der Waals surface area contributed by atoms with Crippen LogP contribution in [-0.4, -0.2) is 35.6 Å². The van der Waals surface area contributed by atoms with E-state index in [0.717, 1.165) is 0 Å². The van der Waals surface area contributed by atoms with Gasteiger partial charge in [0, 0.05) is 19.5 Å². The molecule has 0 spiro atoms. The molecule has 0 aromatic heterocycles. The standard InChI is InChI=1S/C24H28F2N2O3/c1-24(2,3)31-23(30)28-13-12-16(15-28)14-21(29)27-22(17-4-8-19(25)9-5-17)18-6-10-20(26)11-7-18/h4-11,16,22H,12-15H2,1-3H3,(H,27,29). The van der Waals surface area contributed by atoms with Gasteiger partial charge in [0.25, 0.3) is 0 Å². The number of halogens is 2. The van der Waals surface area contributed by atoms with Crippen LogP contribution in [0, 0.1) is 17.6 Å². The van der Waals surface area contributed by atoms with E-state index in [1.807, 2.05) is 20.8 Å². The largest absolute Gasteiger partial charge is 0.444 e. The summed E-state index contributed by atoms with van der Waals surface area (Å²) in [6.07, 6.45) is 0.591. The molecule has 31 heavy (non-hydrogen) atoms. The van der Waals surface area contributed by atoms with E-state index in [1.54, 1.807) is 29.2 Å². The third kappa shape index (κ3) is 6.51. The molecule has 3 rings (SSSR count). The molecule has 1 aliphatic rings. The molecule has 5 nitrogen and oxygen atoms in total. The Balaban J connectivity index is 1.65. The minimum atomic E-state index is -0.565. The van der Waals surface area contributed by atoms with E-state index in [9.17, 15) is 18.4 Å². The minimum Gasteiger partial charge on any atom is -0.444 e. The first-order valence-corrected chi connectivity index (χ1v) is 10.4. The van der Waals surface area contributed by atoms with E-state index in [1.165, 1.54) is 24.3 Å². The Morgan fingerprint density at radius 2 is 1.55 bits per heavy atom. The van der Waals surface area contributed by atoms with Crippen LogP contribution < -0.4 is 5.32 Å². The molecule has 7 heteroatoms. The summed E-state index contributed by atoms with van der Waals surface area (Å²) in [6.45, 7) is 6.46. The SMILES string of the molecule is CC(C)(C)OC(=O)N1CCC(CC(=O)NC(c2ccc(F)cc2)c2ccc(F)cc2)C1. The second-order valence-corrected chi connectivity index (χ2v) is 8.89. The Bertz CT molecular complexity index is 862. The first-order valence-electron chi connectivity index (χ1n) is 10.4. The van der Waals surface area contributed by atoms with Crippen molar-refractivity contribution in [3.8, 4) is 0 Å². The van der Waals surface area contributed by atoms with Gasteiger partial charge in [0.15, 0.2) is 0 Å². The Morgan fingerprint density at radius 1 is 1.03 bits per heavy atom. The maximum absolute atomic E-state index is 13.4. The quantitative estimate of drug-likeness (QED) is 0.740. The van der Waals surface area contributed by atoms with Crippen molar-refractivity contribution in [1.29, 1.82) is 0 Å². The molecule has 0 aliphatic carbocycles. The smallest absolute Gasteiger partial charge is 0.410 e. The summed E-state index contributed by atoms with van der Waals surface area (Å²) in [6, 6.07) is 11.2. The highest BCUT2D eigenvalue weighted by Gasteiger charge is 2.31. The molecule has 0 saturated carbocycles. The molecule has 1 atom stereocenters. The number of hydrogen-bond donors (Lipinski definition) is 1. The highest BCUT2D eigenvalue weighted by Crippen LogP contribution is 2.25. The molecule has 1 aliphatic heterocycles. The van der Waals surface area contributed by atoms with Crippen LogP contribution in [0.1, 0.15) is 50.8 Å². The molecule has 1 heterocycles. The van der Waals surface area contributed by atoms with Gasteiger partial charge in [0.05, 0.1) is 6.04 Å². The molecule has 1 saturated heterocycles. The molecular formula is C24H28F2N2O3. The lowest BCUT2D eigenvalue weighted by Crippen LogP contribution is -2.36. The van der Waals surface area contributed by atoms with E-state index in [2.05, 4.69) is 5.32 Å². The van der Waals surface area contributed by atoms with Crippen molar-refractivity contribution in [2.75, 3.05) is 13.1 Å². The molecule has 0 bridgehead atoms. The van der Waals surface area contributed by atoms with Gasteiger partial charge >= 0.3 is 6.09 Å². The van der Waals surface area contributed by atoms with Crippen LogP contribution >= 0.6 is 0 Å². The van der Waals surface area contributed by atoms with Crippen molar-refractivity contribution in [2.45, 2.75) is 45.3 Å². The second kappa shape index (κ2) is 9.45. The number of nitrogens with one attached hydrogen (secondary N) is 1. The average Bonchev–Trinajstić information content (AvgIpc) is 3.15. The van der Waals surface area contributed by atoms with Crippen LogP contribution in [0.4, 0.5) is 13.6 Å². The third-order valence-electron chi connectivity index (χ3n) is 5.12.